The van der Waals surface area contributed by atoms with Gasteiger partial charge in [-0.2, -0.15) is 0 Å². The monoisotopic (exact) mass is 1060 g/mol. The van der Waals surface area contributed by atoms with E-state index in [0.29, 0.717) is 81.6 Å². The summed E-state index contributed by atoms with van der Waals surface area (Å²) in [6.45, 7) is 0. The molecule has 6 atom stereocenters. The van der Waals surface area contributed by atoms with E-state index < -0.39 is 104 Å². The molecule has 18 nitrogen and oxygen atoms in total. The topological polar surface area (TPSA) is 231 Å². The van der Waals surface area contributed by atoms with Crippen molar-refractivity contribution in [3.05, 3.63) is 178 Å². The first-order valence-corrected chi connectivity index (χ1v) is 27.6. The van der Waals surface area contributed by atoms with E-state index >= 15 is 19.2 Å². The van der Waals surface area contributed by atoms with Crippen molar-refractivity contribution >= 4 is 110 Å². The van der Waals surface area contributed by atoms with Crippen molar-refractivity contribution in [3.8, 4) is 0 Å². The summed E-state index contributed by atoms with van der Waals surface area (Å²) >= 11 is 0. The van der Waals surface area contributed by atoms with Crippen molar-refractivity contribution in [1.29, 1.82) is 0 Å². The third-order valence-corrected chi connectivity index (χ3v) is 19.7. The van der Waals surface area contributed by atoms with Gasteiger partial charge in [0.1, 0.15) is 0 Å². The van der Waals surface area contributed by atoms with Gasteiger partial charge in [-0.1, -0.05) is 62.8 Å². The van der Waals surface area contributed by atoms with Gasteiger partial charge in [-0.05, 0) is 119 Å². The van der Waals surface area contributed by atoms with Gasteiger partial charge in [-0.3, -0.25) is 85.6 Å². The highest BCUT2D eigenvalue weighted by Crippen LogP contribution is 2.48. The lowest BCUT2D eigenvalue weighted by molar-refractivity contribution is 0.0418. The number of rotatable bonds is 0. The first-order valence-electron chi connectivity index (χ1n) is 27.6. The molecule has 11 aromatic rings. The summed E-state index contributed by atoms with van der Waals surface area (Å²) in [4.78, 5) is 181. The Labute approximate surface area is 446 Å². The van der Waals surface area contributed by atoms with Gasteiger partial charge >= 0.3 is 0 Å². The van der Waals surface area contributed by atoms with Crippen LogP contribution in [0, 0.1) is 0 Å². The molecule has 392 valence electrons. The molecule has 0 saturated heterocycles. The summed E-state index contributed by atoms with van der Waals surface area (Å²) in [5.41, 5.74) is -5.09. The minimum absolute atomic E-state index is 0.116. The van der Waals surface area contributed by atoms with E-state index in [9.17, 15) is 38.4 Å². The molecule has 0 radical (unpaired) electrons. The Balaban J connectivity index is 0.922. The fourth-order valence-electron chi connectivity index (χ4n) is 16.2. The second-order valence-corrected chi connectivity index (χ2v) is 23.2. The predicted octanol–water partition coefficient (Wildman–Crippen LogP) is 6.42. The van der Waals surface area contributed by atoms with Gasteiger partial charge < -0.3 is 0 Å². The molecule has 31 rings (SSSR count). The predicted molar refractivity (Wildman–Crippen MR) is 298 cm³/mol. The zero-order chi connectivity index (χ0) is 54.4. The maximum absolute atomic E-state index is 15.1. The lowest BCUT2D eigenvalue weighted by Gasteiger charge is -2.41. The smallest absolute Gasteiger partial charge is 0.261 e. The standard InChI is InChI=1S/C62H42N6O12/c69-51-29-17-13-25-27-15-19-31-50-32-20-16-28(48(27)50)26-14-18-30(49(29)47(25)26)52(70)63(51)41-7-1-3-9-43(41)65-55(73)33-21-37-38(22-34(33)56(65)74)60(78)67(59(37)77)45-11-5-6-12-46(45)68-61(79)39-23-35-36(24-40(39)62(68)80)58(76)66(57(35)75)44-10-4-2-8-42(44)64(53(31)71)54(32)72/h13-24,41-46H,1-12H2/t41-,42-,43-,44?,45?,46-/m1/s1. The van der Waals surface area contributed by atoms with Gasteiger partial charge in [0.15, 0.2) is 0 Å². The van der Waals surface area contributed by atoms with E-state index in [1.807, 2.05) is 0 Å². The van der Waals surface area contributed by atoms with Crippen LogP contribution in [-0.2, 0) is 0 Å². The number of amides is 4. The van der Waals surface area contributed by atoms with Crippen molar-refractivity contribution in [1.82, 2.24) is 28.1 Å². The first-order chi connectivity index (χ1) is 38.7. The number of aromatic nitrogens is 4. The Morgan fingerprint density at radius 3 is 0.662 bits per heavy atom. The zero-order valence-electron chi connectivity index (χ0n) is 42.5. The molecule has 17 aliphatic heterocycles. The second-order valence-electron chi connectivity index (χ2n) is 23.2. The Hall–Kier alpha value is -9.32. The summed E-state index contributed by atoms with van der Waals surface area (Å²) in [5, 5.41) is 3.83. The van der Waals surface area contributed by atoms with Gasteiger partial charge in [-0.15, -0.1) is 0 Å². The second kappa shape index (κ2) is 15.3. The Morgan fingerprint density at radius 2 is 0.438 bits per heavy atom. The minimum atomic E-state index is -1.02. The summed E-state index contributed by atoms with van der Waals surface area (Å²) in [5.74, 6) is -2.39. The van der Waals surface area contributed by atoms with E-state index in [2.05, 4.69) is 0 Å². The Morgan fingerprint density at radius 1 is 0.237 bits per heavy atom. The van der Waals surface area contributed by atoms with Crippen LogP contribution in [-0.4, -0.2) is 63.8 Å². The largest absolute Gasteiger partial charge is 0.269 e. The van der Waals surface area contributed by atoms with Gasteiger partial charge in [0.05, 0.1) is 79.3 Å². The van der Waals surface area contributed by atoms with Crippen LogP contribution in [0.2, 0.25) is 0 Å². The van der Waals surface area contributed by atoms with Gasteiger partial charge in [0, 0.05) is 33.0 Å². The maximum Gasteiger partial charge on any atom is 0.261 e. The van der Waals surface area contributed by atoms with Gasteiger partial charge in [-0.25, -0.2) is 0 Å². The molecule has 26 bridgehead atoms. The Bertz CT molecular complexity index is 4720. The average Bonchev–Trinajstić information content (AvgIpc) is 4.19. The van der Waals surface area contributed by atoms with Crippen LogP contribution in [0.25, 0.3) is 86.2 Å². The number of nitrogens with zero attached hydrogens (tertiary/aromatic N) is 6. The third kappa shape index (κ3) is 5.30. The molecule has 4 aromatic heterocycles. The summed E-state index contributed by atoms with van der Waals surface area (Å²) in [6.07, 6.45) is 4.91. The van der Waals surface area contributed by atoms with Crippen LogP contribution in [0.5, 0.6) is 0 Å². The van der Waals surface area contributed by atoms with Crippen LogP contribution in [0.3, 0.4) is 0 Å². The van der Waals surface area contributed by atoms with E-state index in [-0.39, 0.29) is 104 Å². The highest BCUT2D eigenvalue weighted by atomic mass is 16.2. The Kier molecular flexibility index (Phi) is 8.72. The molecular formula is C62H42N6O12. The zero-order valence-corrected chi connectivity index (χ0v) is 42.5. The SMILES string of the molecule is O=C1c2ccc3c4ccc5c6c7ccc(c8ccc(c2c38)C(=O)N1[C@@H]1CCCCC1n1c(=O)c2cc3c(=O)n(c(=O)c3cc2c1=O)[C@@H]1CCCCC1n1c(=O)c2cc3c(=O)n(c(=O)c3cc2c1=O)[C@@H]1CCCC[C@H]1N(C5=O)C7=O)c64. The molecule has 18 heteroatoms. The molecule has 80 heavy (non-hydrogen) atoms. The van der Waals surface area contributed by atoms with Crippen LogP contribution < -0.4 is 44.5 Å². The molecule has 3 aliphatic carbocycles. The minimum Gasteiger partial charge on any atom is -0.269 e. The number of carbonyl (C=O) groups excluding carboxylic acids is 4. The lowest BCUT2D eigenvalue weighted by atomic mass is 9.80. The van der Waals surface area contributed by atoms with Crippen molar-refractivity contribution < 1.29 is 19.2 Å². The number of carbonyl (C=O) groups is 4. The molecule has 4 amide bonds. The van der Waals surface area contributed by atoms with Crippen LogP contribution in [0.1, 0.15) is 143 Å². The number of benzene rings is 7. The van der Waals surface area contributed by atoms with Gasteiger partial charge in [0.2, 0.25) is 0 Å². The number of hydrogen-bond acceptors (Lipinski definition) is 12. The van der Waals surface area contributed by atoms with E-state index in [4.69, 9.17) is 0 Å². The van der Waals surface area contributed by atoms with Crippen molar-refractivity contribution in [2.24, 2.45) is 0 Å². The molecule has 20 aliphatic rings. The maximum atomic E-state index is 15.1. The van der Waals surface area contributed by atoms with Crippen LogP contribution in [0.15, 0.2) is 111 Å². The van der Waals surface area contributed by atoms with Crippen molar-refractivity contribution in [3.63, 3.8) is 0 Å². The molecule has 3 saturated carbocycles. The van der Waals surface area contributed by atoms with E-state index in [1.54, 1.807) is 48.5 Å². The summed E-state index contributed by atoms with van der Waals surface area (Å²) < 4.78 is 4.16. The molecular weight excluding hydrogens is 1020 g/mol. The quantitative estimate of drug-likeness (QED) is 0.0910. The fraction of sp³-hybridized carbons (Fsp3) is 0.290. The normalized spacial score (nSPS) is 23.1. The van der Waals surface area contributed by atoms with E-state index in [0.717, 1.165) is 18.3 Å². The number of imide groups is 2. The van der Waals surface area contributed by atoms with Crippen LogP contribution >= 0.6 is 0 Å². The third-order valence-electron chi connectivity index (χ3n) is 19.7. The fourth-order valence-corrected chi connectivity index (χ4v) is 16.2. The summed E-state index contributed by atoms with van der Waals surface area (Å²) in [6, 6.07) is 13.1. The number of hydrogen-bond donors (Lipinski definition) is 0. The molecule has 3 fully saturated rings. The van der Waals surface area contributed by atoms with Gasteiger partial charge in [0.25, 0.3) is 68.1 Å². The molecule has 2 unspecified atom stereocenters. The highest BCUT2D eigenvalue weighted by Gasteiger charge is 2.47. The van der Waals surface area contributed by atoms with Crippen LogP contribution in [0.4, 0.5) is 0 Å². The first kappa shape index (κ1) is 45.7. The molecule has 7 aromatic carbocycles. The lowest BCUT2D eigenvalue weighted by Crippen LogP contribution is -2.53. The van der Waals surface area contributed by atoms with E-state index in [1.165, 1.54) is 34.1 Å². The highest BCUT2D eigenvalue weighted by molar-refractivity contribution is 6.41. The average molecular weight is 1060 g/mol. The molecule has 0 N–H and O–H groups in total. The molecule has 0 spiro atoms. The molecule has 21 heterocycles. The summed E-state index contributed by atoms with van der Waals surface area (Å²) in [7, 11) is 0. The van der Waals surface area contributed by atoms with Crippen molar-refractivity contribution in [2.75, 3.05) is 0 Å². The van der Waals surface area contributed by atoms with Crippen molar-refractivity contribution in [2.45, 2.75) is 113 Å².